The molecule has 6 heteroatoms. The Morgan fingerprint density at radius 1 is 1.33 bits per heavy atom. The minimum absolute atomic E-state index is 0.208. The molecule has 2 rings (SSSR count). The van der Waals surface area contributed by atoms with Crippen LogP contribution in [0.4, 0.5) is 5.82 Å². The van der Waals surface area contributed by atoms with Crippen LogP contribution in [0.5, 0.6) is 0 Å². The number of anilines is 1. The summed E-state index contributed by atoms with van der Waals surface area (Å²) in [5.41, 5.74) is 4.12. The number of aryl methyl sites for hydroxylation is 1. The van der Waals surface area contributed by atoms with Crippen molar-refractivity contribution in [2.24, 2.45) is 0 Å². The number of piperazine rings is 1. The molecule has 0 aromatic carbocycles. The van der Waals surface area contributed by atoms with Crippen LogP contribution in [0.15, 0.2) is 12.1 Å². The molecule has 1 aliphatic heterocycles. The van der Waals surface area contributed by atoms with Crippen molar-refractivity contribution in [3.05, 3.63) is 23.4 Å². The topological polar surface area (TPSA) is 68.7 Å². The van der Waals surface area contributed by atoms with E-state index in [2.05, 4.69) is 22.4 Å². The Kier molecular flexibility index (Phi) is 3.78. The summed E-state index contributed by atoms with van der Waals surface area (Å²) in [5.74, 6) is -0.536. The highest BCUT2D eigenvalue weighted by Crippen LogP contribution is 2.15. The number of pyridine rings is 1. The first-order valence-corrected chi connectivity index (χ1v) is 5.97. The Morgan fingerprint density at radius 2 is 2.00 bits per heavy atom. The molecule has 18 heavy (non-hydrogen) atoms. The third-order valence-electron chi connectivity index (χ3n) is 3.03. The monoisotopic (exact) mass is 250 g/mol. The van der Waals surface area contributed by atoms with Crippen LogP contribution in [0.2, 0.25) is 0 Å². The molecule has 0 saturated carbocycles. The molecule has 1 aromatic rings. The standard InChI is InChI=1S/C12H18N4O2/c1-9-3-4-10(12(17)18)11(13-9)14-16-7-5-15(2)6-8-16/h3-4H,5-8H2,1-2H3,(H,13,14)(H,17,18). The summed E-state index contributed by atoms with van der Waals surface area (Å²) in [7, 11) is 2.07. The van der Waals surface area contributed by atoms with Crippen LogP contribution in [0.3, 0.4) is 0 Å². The average molecular weight is 250 g/mol. The summed E-state index contributed by atoms with van der Waals surface area (Å²) in [4.78, 5) is 17.6. The van der Waals surface area contributed by atoms with E-state index in [1.54, 1.807) is 12.1 Å². The van der Waals surface area contributed by atoms with Crippen LogP contribution in [0, 0.1) is 6.92 Å². The van der Waals surface area contributed by atoms with E-state index in [0.29, 0.717) is 5.82 Å². The second-order valence-corrected chi connectivity index (χ2v) is 4.56. The zero-order valence-corrected chi connectivity index (χ0v) is 10.7. The van der Waals surface area contributed by atoms with Gasteiger partial charge in [-0.15, -0.1) is 0 Å². The number of aromatic carboxylic acids is 1. The predicted molar refractivity (Wildman–Crippen MR) is 68.6 cm³/mol. The molecule has 1 aromatic heterocycles. The van der Waals surface area contributed by atoms with Crippen LogP contribution in [0.25, 0.3) is 0 Å². The maximum absolute atomic E-state index is 11.1. The lowest BCUT2D eigenvalue weighted by molar-refractivity contribution is 0.0697. The van der Waals surface area contributed by atoms with Gasteiger partial charge in [-0.1, -0.05) is 0 Å². The van der Waals surface area contributed by atoms with Crippen LogP contribution >= 0.6 is 0 Å². The fourth-order valence-corrected chi connectivity index (χ4v) is 1.88. The molecule has 1 aliphatic rings. The van der Waals surface area contributed by atoms with Crippen molar-refractivity contribution in [3.8, 4) is 0 Å². The minimum Gasteiger partial charge on any atom is -0.478 e. The Hall–Kier alpha value is -1.66. The number of nitrogens with one attached hydrogen (secondary N) is 1. The second-order valence-electron chi connectivity index (χ2n) is 4.56. The molecule has 0 bridgehead atoms. The maximum Gasteiger partial charge on any atom is 0.339 e. The lowest BCUT2D eigenvalue weighted by Gasteiger charge is -2.33. The summed E-state index contributed by atoms with van der Waals surface area (Å²) in [6.45, 7) is 5.47. The van der Waals surface area contributed by atoms with Gasteiger partial charge in [-0.05, 0) is 26.1 Å². The van der Waals surface area contributed by atoms with Crippen LogP contribution in [-0.2, 0) is 0 Å². The molecular formula is C12H18N4O2. The quantitative estimate of drug-likeness (QED) is 0.821. The third-order valence-corrected chi connectivity index (χ3v) is 3.03. The van der Waals surface area contributed by atoms with Gasteiger partial charge in [-0.25, -0.2) is 14.8 Å². The Morgan fingerprint density at radius 3 is 2.61 bits per heavy atom. The molecule has 0 unspecified atom stereocenters. The Labute approximate surface area is 106 Å². The lowest BCUT2D eigenvalue weighted by Crippen LogP contribution is -2.47. The first kappa shape index (κ1) is 12.8. The first-order valence-electron chi connectivity index (χ1n) is 5.97. The van der Waals surface area contributed by atoms with E-state index in [9.17, 15) is 4.79 Å². The van der Waals surface area contributed by atoms with Crippen molar-refractivity contribution in [2.75, 3.05) is 38.7 Å². The largest absolute Gasteiger partial charge is 0.478 e. The number of hydrogen-bond donors (Lipinski definition) is 2. The average Bonchev–Trinajstić information content (AvgIpc) is 2.32. The molecule has 98 valence electrons. The van der Waals surface area contributed by atoms with E-state index in [-0.39, 0.29) is 5.56 Å². The zero-order valence-electron chi connectivity index (χ0n) is 10.7. The van der Waals surface area contributed by atoms with Crippen molar-refractivity contribution < 1.29 is 9.90 Å². The van der Waals surface area contributed by atoms with E-state index in [1.165, 1.54) is 0 Å². The van der Waals surface area contributed by atoms with Gasteiger partial charge < -0.3 is 15.4 Å². The number of hydrazine groups is 1. The fourth-order valence-electron chi connectivity index (χ4n) is 1.88. The van der Waals surface area contributed by atoms with Gasteiger partial charge in [0.25, 0.3) is 0 Å². The summed E-state index contributed by atoms with van der Waals surface area (Å²) in [6, 6.07) is 3.29. The second kappa shape index (κ2) is 5.32. The van der Waals surface area contributed by atoms with Gasteiger partial charge in [0.1, 0.15) is 5.56 Å². The molecule has 2 N–H and O–H groups in total. The summed E-state index contributed by atoms with van der Waals surface area (Å²) >= 11 is 0. The first-order chi connectivity index (χ1) is 8.56. The normalized spacial score (nSPS) is 17.7. The molecule has 0 radical (unpaired) electrons. The number of aromatic nitrogens is 1. The van der Waals surface area contributed by atoms with E-state index in [4.69, 9.17) is 5.11 Å². The molecule has 2 heterocycles. The number of nitrogens with zero attached hydrogens (tertiary/aromatic N) is 3. The highest BCUT2D eigenvalue weighted by Gasteiger charge is 2.17. The molecule has 0 atom stereocenters. The van der Waals surface area contributed by atoms with Crippen LogP contribution in [-0.4, -0.2) is 59.2 Å². The van der Waals surface area contributed by atoms with Gasteiger partial charge in [-0.2, -0.15) is 0 Å². The molecule has 0 spiro atoms. The zero-order chi connectivity index (χ0) is 13.1. The third kappa shape index (κ3) is 2.96. The van der Waals surface area contributed by atoms with Crippen molar-refractivity contribution in [1.29, 1.82) is 0 Å². The Bertz CT molecular complexity index is 442. The molecule has 1 saturated heterocycles. The van der Waals surface area contributed by atoms with Crippen molar-refractivity contribution in [3.63, 3.8) is 0 Å². The number of carboxylic acid groups (broad SMARTS) is 1. The minimum atomic E-state index is -0.959. The fraction of sp³-hybridized carbons (Fsp3) is 0.500. The van der Waals surface area contributed by atoms with E-state index < -0.39 is 5.97 Å². The van der Waals surface area contributed by atoms with Gasteiger partial charge in [-0.3, -0.25) is 0 Å². The highest BCUT2D eigenvalue weighted by atomic mass is 16.4. The number of likely N-dealkylation sites (N-methyl/N-ethyl adjacent to an activating group) is 1. The maximum atomic E-state index is 11.1. The lowest BCUT2D eigenvalue weighted by atomic mass is 10.2. The molecule has 0 aliphatic carbocycles. The van der Waals surface area contributed by atoms with E-state index in [1.807, 2.05) is 11.9 Å². The molecule has 1 fully saturated rings. The van der Waals surface area contributed by atoms with Crippen LogP contribution < -0.4 is 5.43 Å². The number of carboxylic acids is 1. The molecular weight excluding hydrogens is 232 g/mol. The van der Waals surface area contributed by atoms with Crippen molar-refractivity contribution >= 4 is 11.8 Å². The molecule has 6 nitrogen and oxygen atoms in total. The summed E-state index contributed by atoms with van der Waals surface area (Å²) < 4.78 is 0. The summed E-state index contributed by atoms with van der Waals surface area (Å²) in [6.07, 6.45) is 0. The number of hydrogen-bond acceptors (Lipinski definition) is 5. The van der Waals surface area contributed by atoms with E-state index >= 15 is 0 Å². The smallest absolute Gasteiger partial charge is 0.339 e. The van der Waals surface area contributed by atoms with Gasteiger partial charge in [0.15, 0.2) is 5.82 Å². The highest BCUT2D eigenvalue weighted by molar-refractivity contribution is 5.93. The van der Waals surface area contributed by atoms with Gasteiger partial charge in [0, 0.05) is 31.9 Å². The Balaban J connectivity index is 2.12. The van der Waals surface area contributed by atoms with E-state index in [0.717, 1.165) is 31.9 Å². The number of rotatable bonds is 3. The predicted octanol–water partition coefficient (Wildman–Crippen LogP) is 0.663. The molecule has 0 amide bonds. The SMILES string of the molecule is Cc1ccc(C(=O)O)c(NN2CCN(C)CC2)n1. The van der Waals surface area contributed by atoms with Gasteiger partial charge >= 0.3 is 5.97 Å². The number of carbonyl (C=O) groups is 1. The van der Waals surface area contributed by atoms with Gasteiger partial charge in [0.2, 0.25) is 0 Å². The van der Waals surface area contributed by atoms with Gasteiger partial charge in [0.05, 0.1) is 0 Å². The van der Waals surface area contributed by atoms with Crippen molar-refractivity contribution in [2.45, 2.75) is 6.92 Å². The van der Waals surface area contributed by atoms with Crippen LogP contribution in [0.1, 0.15) is 16.1 Å². The van der Waals surface area contributed by atoms with Crippen molar-refractivity contribution in [1.82, 2.24) is 14.9 Å². The summed E-state index contributed by atoms with van der Waals surface area (Å²) in [5, 5.41) is 11.1.